The maximum Gasteiger partial charge on any atom is 0.246 e. The molecule has 0 aliphatic heterocycles. The number of nitrogens with zero attached hydrogens (tertiary/aromatic N) is 2. The number of fused-ring (bicyclic) bond motifs is 1. The third-order valence-electron chi connectivity index (χ3n) is 4.99. The van der Waals surface area contributed by atoms with E-state index in [-0.39, 0.29) is 19.3 Å². The van der Waals surface area contributed by atoms with Gasteiger partial charge in [-0.05, 0) is 55.0 Å². The Kier molecular flexibility index (Phi) is 7.22. The topological polar surface area (TPSA) is 76.4 Å². The molecule has 7 heteroatoms. The van der Waals surface area contributed by atoms with Crippen molar-refractivity contribution in [1.29, 1.82) is 0 Å². The zero-order valence-corrected chi connectivity index (χ0v) is 16.9. The van der Waals surface area contributed by atoms with Crippen LogP contribution in [0.25, 0.3) is 16.6 Å². The van der Waals surface area contributed by atoms with E-state index in [4.69, 9.17) is 9.84 Å². The fourth-order valence-electron chi connectivity index (χ4n) is 3.50. The fraction of sp³-hybridized carbons (Fsp3) is 0.200. The molecule has 2 N–H and O–H groups in total. The Labute approximate surface area is 186 Å². The molecule has 0 aliphatic carbocycles. The molecule has 1 heterocycles. The molecule has 0 bridgehead atoms. The van der Waals surface area contributed by atoms with Crippen molar-refractivity contribution >= 4 is 16.8 Å². The molecular formula is C25H26FN3O3. The summed E-state index contributed by atoms with van der Waals surface area (Å²) >= 11 is 0. The number of hydrogen-bond donors (Lipinski definition) is 2. The fourth-order valence-corrected chi connectivity index (χ4v) is 3.50. The van der Waals surface area contributed by atoms with Gasteiger partial charge < -0.3 is 15.2 Å². The van der Waals surface area contributed by atoms with Gasteiger partial charge in [0.25, 0.3) is 0 Å². The molecule has 166 valence electrons. The highest BCUT2D eigenvalue weighted by atomic mass is 19.1. The van der Waals surface area contributed by atoms with E-state index in [1.54, 1.807) is 23.0 Å². The highest BCUT2D eigenvalue weighted by Gasteiger charge is 2.23. The van der Waals surface area contributed by atoms with Crippen molar-refractivity contribution in [3.63, 3.8) is 0 Å². The molecule has 4 aromatic rings. The summed E-state index contributed by atoms with van der Waals surface area (Å²) in [5.74, 6) is -0.150. The summed E-state index contributed by atoms with van der Waals surface area (Å²) in [5.41, 5.74) is 2.51. The number of nitrogens with one attached hydrogen (secondary N) is 1. The molecular weight excluding hydrogens is 409 g/mol. The second kappa shape index (κ2) is 10.1. The van der Waals surface area contributed by atoms with Gasteiger partial charge in [-0.25, -0.2) is 9.07 Å². The number of hydrogen-bond acceptors (Lipinski definition) is 4. The van der Waals surface area contributed by atoms with Gasteiger partial charge in [-0.15, -0.1) is 0 Å². The van der Waals surface area contributed by atoms with Crippen molar-refractivity contribution in [2.24, 2.45) is 0 Å². The summed E-state index contributed by atoms with van der Waals surface area (Å²) in [7, 11) is 0. The molecule has 0 unspecified atom stereocenters. The number of benzene rings is 3. The number of aromatic nitrogens is 2. The third kappa shape index (κ3) is 4.95. The van der Waals surface area contributed by atoms with E-state index in [1.807, 2.05) is 55.5 Å². The molecule has 3 aromatic carbocycles. The minimum absolute atomic E-state index is 0. The summed E-state index contributed by atoms with van der Waals surface area (Å²) in [6.45, 7) is 1.25. The maximum absolute atomic E-state index is 13.2. The monoisotopic (exact) mass is 435 g/mol. The maximum atomic E-state index is 13.2. The van der Waals surface area contributed by atoms with E-state index >= 15 is 0 Å². The number of aliphatic hydroxyl groups is 1. The van der Waals surface area contributed by atoms with Crippen LogP contribution in [0, 0.1) is 5.82 Å². The van der Waals surface area contributed by atoms with E-state index in [0.29, 0.717) is 5.75 Å². The van der Waals surface area contributed by atoms with Gasteiger partial charge in [0.15, 0.2) is 0 Å². The number of halogens is 1. The summed E-state index contributed by atoms with van der Waals surface area (Å²) in [6.07, 6.45) is 1.27. The van der Waals surface area contributed by atoms with Gasteiger partial charge in [0, 0.05) is 5.39 Å². The lowest BCUT2D eigenvalue weighted by atomic mass is 10.0. The van der Waals surface area contributed by atoms with Gasteiger partial charge in [-0.1, -0.05) is 37.8 Å². The largest absolute Gasteiger partial charge is 0.484 e. The number of carbonyl (C=O) groups excluding carboxylic acids is 1. The Morgan fingerprint density at radius 1 is 1.12 bits per heavy atom. The van der Waals surface area contributed by atoms with Crippen LogP contribution >= 0.6 is 0 Å². The quantitative estimate of drug-likeness (QED) is 0.451. The number of aliphatic hydroxyl groups excluding tert-OH is 1. The predicted octanol–water partition coefficient (Wildman–Crippen LogP) is 4.42. The minimum Gasteiger partial charge on any atom is -0.484 e. The number of ether oxygens (including phenoxy) is 1. The van der Waals surface area contributed by atoms with E-state index in [9.17, 15) is 9.18 Å². The van der Waals surface area contributed by atoms with Crippen molar-refractivity contribution < 1.29 is 19.0 Å². The number of carbonyl (C=O) groups is 1. The van der Waals surface area contributed by atoms with E-state index < -0.39 is 18.6 Å². The Morgan fingerprint density at radius 3 is 2.53 bits per heavy atom. The first-order chi connectivity index (χ1) is 15.0. The third-order valence-corrected chi connectivity index (χ3v) is 4.99. The lowest BCUT2D eigenvalue weighted by Gasteiger charge is -2.26. The van der Waals surface area contributed by atoms with Gasteiger partial charge in [-0.2, -0.15) is 5.10 Å². The van der Waals surface area contributed by atoms with Gasteiger partial charge in [0.2, 0.25) is 5.91 Å². The SMILES string of the molecule is C.C[C@H](NC(=O)CO)[C@H](Oc1ccc2c(cnn2-c2ccc(F)cc2)c1)c1ccccc1. The average Bonchev–Trinajstić information content (AvgIpc) is 3.21. The van der Waals surface area contributed by atoms with E-state index in [0.717, 1.165) is 22.2 Å². The second-order valence-electron chi connectivity index (χ2n) is 7.22. The van der Waals surface area contributed by atoms with Crippen molar-refractivity contribution in [1.82, 2.24) is 15.1 Å². The normalized spacial score (nSPS) is 12.6. The number of amides is 1. The van der Waals surface area contributed by atoms with Gasteiger partial charge in [-0.3, -0.25) is 4.79 Å². The van der Waals surface area contributed by atoms with Crippen molar-refractivity contribution in [2.45, 2.75) is 26.5 Å². The molecule has 0 spiro atoms. The minimum atomic E-state index is -0.583. The zero-order chi connectivity index (χ0) is 21.8. The molecule has 2 atom stereocenters. The van der Waals surface area contributed by atoms with Crippen LogP contribution in [0.15, 0.2) is 79.0 Å². The predicted molar refractivity (Wildman–Crippen MR) is 122 cm³/mol. The van der Waals surface area contributed by atoms with Gasteiger partial charge in [0.1, 0.15) is 24.3 Å². The number of rotatable bonds is 7. The van der Waals surface area contributed by atoms with Crippen LogP contribution in [-0.2, 0) is 4.79 Å². The summed E-state index contributed by atoms with van der Waals surface area (Å²) in [6, 6.07) is 20.9. The van der Waals surface area contributed by atoms with Crippen LogP contribution in [0.4, 0.5) is 4.39 Å². The molecule has 1 amide bonds. The highest BCUT2D eigenvalue weighted by Crippen LogP contribution is 2.29. The van der Waals surface area contributed by atoms with Crippen LogP contribution in [0.2, 0.25) is 0 Å². The Morgan fingerprint density at radius 2 is 1.84 bits per heavy atom. The van der Waals surface area contributed by atoms with Crippen LogP contribution in [-0.4, -0.2) is 33.4 Å². The molecule has 0 saturated heterocycles. The van der Waals surface area contributed by atoms with Crippen LogP contribution in [0.1, 0.15) is 26.0 Å². The molecule has 0 radical (unpaired) electrons. The first kappa shape index (κ1) is 23.0. The van der Waals surface area contributed by atoms with Gasteiger partial charge >= 0.3 is 0 Å². The molecule has 32 heavy (non-hydrogen) atoms. The summed E-state index contributed by atoms with van der Waals surface area (Å²) in [4.78, 5) is 11.7. The van der Waals surface area contributed by atoms with E-state index in [2.05, 4.69) is 10.4 Å². The van der Waals surface area contributed by atoms with Crippen molar-refractivity contribution in [2.75, 3.05) is 6.61 Å². The molecule has 0 saturated carbocycles. The summed E-state index contributed by atoms with van der Waals surface area (Å²) in [5, 5.41) is 17.1. The van der Waals surface area contributed by atoms with Gasteiger partial charge in [0.05, 0.1) is 23.4 Å². The lowest BCUT2D eigenvalue weighted by Crippen LogP contribution is -2.40. The zero-order valence-electron chi connectivity index (χ0n) is 16.9. The van der Waals surface area contributed by atoms with Crippen molar-refractivity contribution in [3.05, 3.63) is 90.4 Å². The van der Waals surface area contributed by atoms with Crippen LogP contribution in [0.5, 0.6) is 5.75 Å². The molecule has 0 aliphatic rings. The Balaban J connectivity index is 0.00000289. The Bertz CT molecular complexity index is 1180. The standard InChI is InChI=1S/C24H22FN3O3.CH4/c1-16(27-23(30)15-29)24(17-5-3-2-4-6-17)31-21-11-12-22-18(13-21)14-26-28(22)20-9-7-19(25)8-10-20;/h2-14,16,24,29H,15H2,1H3,(H,27,30);1H4/t16-,24-;/m0./s1. The van der Waals surface area contributed by atoms with Crippen LogP contribution in [0.3, 0.4) is 0 Å². The summed E-state index contributed by atoms with van der Waals surface area (Å²) < 4.78 is 21.2. The second-order valence-corrected chi connectivity index (χ2v) is 7.22. The average molecular weight is 435 g/mol. The first-order valence-electron chi connectivity index (χ1n) is 9.90. The lowest BCUT2D eigenvalue weighted by molar-refractivity contribution is -0.125. The van der Waals surface area contributed by atoms with Crippen molar-refractivity contribution in [3.8, 4) is 11.4 Å². The van der Waals surface area contributed by atoms with E-state index in [1.165, 1.54) is 12.1 Å². The molecule has 1 aromatic heterocycles. The Hall–Kier alpha value is -3.71. The van der Waals surface area contributed by atoms with Crippen LogP contribution < -0.4 is 10.1 Å². The smallest absolute Gasteiger partial charge is 0.246 e. The highest BCUT2D eigenvalue weighted by molar-refractivity contribution is 5.81. The first-order valence-corrected chi connectivity index (χ1v) is 9.90. The molecule has 0 fully saturated rings. The molecule has 4 rings (SSSR count). The molecule has 6 nitrogen and oxygen atoms in total.